The summed E-state index contributed by atoms with van der Waals surface area (Å²) in [5.41, 5.74) is 2.48. The molecule has 0 fully saturated rings. The quantitative estimate of drug-likeness (QED) is 0.522. The van der Waals surface area contributed by atoms with Crippen molar-refractivity contribution < 1.29 is 9.53 Å². The van der Waals surface area contributed by atoms with Crippen molar-refractivity contribution in [1.82, 2.24) is 0 Å². The average molecular weight is 367 g/mol. The lowest BCUT2D eigenvalue weighted by Gasteiger charge is -2.07. The summed E-state index contributed by atoms with van der Waals surface area (Å²) < 4.78 is 6.60. The number of thioether (sulfide) groups is 2. The summed E-state index contributed by atoms with van der Waals surface area (Å²) >= 11 is 2.69. The Morgan fingerprint density at radius 1 is 1.16 bits per heavy atom. The molecule has 3 rings (SSSR count). The molecule has 0 saturated carbocycles. The highest BCUT2D eigenvalue weighted by Crippen LogP contribution is 2.31. The van der Waals surface area contributed by atoms with Gasteiger partial charge in [-0.15, -0.1) is 6.58 Å². The normalized spacial score (nSPS) is 15.3. The van der Waals surface area contributed by atoms with Crippen LogP contribution in [0.25, 0.3) is 6.08 Å². The van der Waals surface area contributed by atoms with Crippen molar-refractivity contribution in [1.29, 1.82) is 0 Å². The largest absolute Gasteiger partial charge is 0.489 e. The Hall–Kier alpha value is -2.24. The molecule has 0 spiro atoms. The number of nitrogens with zero attached hydrogens (tertiary/aromatic N) is 1. The predicted octanol–water partition coefficient (Wildman–Crippen LogP) is 5.16. The van der Waals surface area contributed by atoms with E-state index in [1.165, 1.54) is 23.5 Å². The third kappa shape index (κ3) is 5.11. The number of ether oxygens (including phenoxy) is 1. The van der Waals surface area contributed by atoms with Crippen molar-refractivity contribution in [3.05, 3.63) is 84.1 Å². The number of carbonyl (C=O) groups excluding carboxylic acids is 1. The smallest absolute Gasteiger partial charge is 0.244 e. The molecule has 0 saturated heterocycles. The van der Waals surface area contributed by atoms with Gasteiger partial charge in [-0.1, -0.05) is 60.3 Å². The highest BCUT2D eigenvalue weighted by Gasteiger charge is 2.22. The van der Waals surface area contributed by atoms with Crippen LogP contribution in [0.5, 0.6) is 5.75 Å². The zero-order valence-electron chi connectivity index (χ0n) is 13.6. The van der Waals surface area contributed by atoms with E-state index in [9.17, 15) is 4.79 Å². The third-order valence-corrected chi connectivity index (χ3v) is 5.34. The van der Waals surface area contributed by atoms with Gasteiger partial charge in [0.15, 0.2) is 0 Å². The summed E-state index contributed by atoms with van der Waals surface area (Å²) in [5.74, 6) is 1.51. The highest BCUT2D eigenvalue weighted by molar-refractivity contribution is 8.45. The Kier molecular flexibility index (Phi) is 6.14. The van der Waals surface area contributed by atoms with Gasteiger partial charge in [0.1, 0.15) is 22.4 Å². The van der Waals surface area contributed by atoms with Gasteiger partial charge in [0, 0.05) is 5.75 Å². The van der Waals surface area contributed by atoms with E-state index < -0.39 is 0 Å². The minimum absolute atomic E-state index is 0.0258. The van der Waals surface area contributed by atoms with Crippen LogP contribution in [0, 0.1) is 0 Å². The number of hydrogen-bond acceptors (Lipinski definition) is 5. The summed E-state index contributed by atoms with van der Waals surface area (Å²) in [4.78, 5) is 16.4. The van der Waals surface area contributed by atoms with Gasteiger partial charge in [0.2, 0.25) is 5.12 Å². The second-order valence-electron chi connectivity index (χ2n) is 5.24. The van der Waals surface area contributed by atoms with E-state index >= 15 is 0 Å². The summed E-state index contributed by atoms with van der Waals surface area (Å²) in [5, 5.41) is -0.0258. The van der Waals surface area contributed by atoms with Gasteiger partial charge in [-0.2, -0.15) is 0 Å². The molecule has 5 heteroatoms. The first-order chi connectivity index (χ1) is 12.2. The fourth-order valence-electron chi connectivity index (χ4n) is 2.17. The number of benzene rings is 2. The van der Waals surface area contributed by atoms with Crippen LogP contribution in [0.2, 0.25) is 0 Å². The molecule has 0 radical (unpaired) electrons. The van der Waals surface area contributed by atoms with E-state index in [1.54, 1.807) is 12.2 Å². The van der Waals surface area contributed by atoms with Crippen LogP contribution in [-0.4, -0.2) is 15.2 Å². The Morgan fingerprint density at radius 3 is 2.80 bits per heavy atom. The number of hydrogen-bond donors (Lipinski definition) is 0. The maximum atomic E-state index is 12.1. The topological polar surface area (TPSA) is 38.7 Å². The Labute approximate surface area is 155 Å². The fraction of sp³-hybridized carbons (Fsp3) is 0.100. The van der Waals surface area contributed by atoms with E-state index in [4.69, 9.17) is 4.74 Å². The molecule has 2 aromatic rings. The van der Waals surface area contributed by atoms with Crippen LogP contribution in [0.4, 0.5) is 0 Å². The molecule has 2 aromatic carbocycles. The minimum atomic E-state index is -0.0258. The van der Waals surface area contributed by atoms with Crippen molar-refractivity contribution in [2.24, 2.45) is 4.99 Å². The second kappa shape index (κ2) is 8.74. The van der Waals surface area contributed by atoms with Crippen LogP contribution in [0.1, 0.15) is 11.1 Å². The van der Waals surface area contributed by atoms with Gasteiger partial charge in [-0.25, -0.2) is 4.99 Å². The first kappa shape index (κ1) is 17.6. The summed E-state index contributed by atoms with van der Waals surface area (Å²) in [6.45, 7) is 4.19. The van der Waals surface area contributed by atoms with E-state index in [-0.39, 0.29) is 5.12 Å². The van der Waals surface area contributed by atoms with Crippen molar-refractivity contribution in [3.63, 3.8) is 0 Å². The molecule has 1 heterocycles. The molecule has 0 N–H and O–H groups in total. The molecule has 3 nitrogen and oxygen atoms in total. The lowest BCUT2D eigenvalue weighted by molar-refractivity contribution is -0.107. The Bertz CT molecular complexity index is 829. The molecule has 1 aliphatic rings. The average Bonchev–Trinajstić information content (AvgIpc) is 2.99. The molecule has 25 heavy (non-hydrogen) atoms. The van der Waals surface area contributed by atoms with Gasteiger partial charge in [0.25, 0.3) is 0 Å². The summed E-state index contributed by atoms with van der Waals surface area (Å²) in [6.07, 6.45) is 3.60. The molecule has 1 aliphatic heterocycles. The summed E-state index contributed by atoms with van der Waals surface area (Å²) in [7, 11) is 0. The number of aliphatic imine (C=N–C) groups is 1. The van der Waals surface area contributed by atoms with Crippen LogP contribution >= 0.6 is 23.5 Å². The SMILES string of the molecule is C=CCSC1=N/C(=C\c2cccc(OCc3ccccc3)c2)C(=O)S1. The lowest BCUT2D eigenvalue weighted by atomic mass is 10.2. The van der Waals surface area contributed by atoms with Crippen LogP contribution in [-0.2, 0) is 11.4 Å². The molecular formula is C20H17NO2S2. The first-order valence-electron chi connectivity index (χ1n) is 7.77. The van der Waals surface area contributed by atoms with E-state index in [0.29, 0.717) is 12.3 Å². The van der Waals surface area contributed by atoms with Crippen molar-refractivity contribution in [2.45, 2.75) is 6.61 Å². The van der Waals surface area contributed by atoms with Crippen molar-refractivity contribution >= 4 is 39.1 Å². The van der Waals surface area contributed by atoms with Crippen LogP contribution in [0.3, 0.4) is 0 Å². The molecule has 0 amide bonds. The van der Waals surface area contributed by atoms with Crippen LogP contribution in [0.15, 0.2) is 77.9 Å². The molecule has 0 aliphatic carbocycles. The minimum Gasteiger partial charge on any atom is -0.489 e. The van der Waals surface area contributed by atoms with Gasteiger partial charge in [-0.05, 0) is 41.1 Å². The maximum Gasteiger partial charge on any atom is 0.244 e. The Morgan fingerprint density at radius 2 is 2.00 bits per heavy atom. The predicted molar refractivity (Wildman–Crippen MR) is 108 cm³/mol. The van der Waals surface area contributed by atoms with E-state index in [1.807, 2.05) is 54.6 Å². The lowest BCUT2D eigenvalue weighted by Crippen LogP contribution is -1.95. The van der Waals surface area contributed by atoms with Gasteiger partial charge >= 0.3 is 0 Å². The number of rotatable bonds is 6. The third-order valence-electron chi connectivity index (χ3n) is 3.34. The van der Waals surface area contributed by atoms with Gasteiger partial charge < -0.3 is 4.74 Å². The first-order valence-corrected chi connectivity index (χ1v) is 9.58. The fourth-order valence-corrected chi connectivity index (χ4v) is 3.78. The molecule has 0 atom stereocenters. The van der Waals surface area contributed by atoms with Crippen molar-refractivity contribution in [3.8, 4) is 5.75 Å². The highest BCUT2D eigenvalue weighted by atomic mass is 32.2. The summed E-state index contributed by atoms with van der Waals surface area (Å²) in [6, 6.07) is 17.7. The van der Waals surface area contributed by atoms with Gasteiger partial charge in [-0.3, -0.25) is 4.79 Å². The molecule has 0 aromatic heterocycles. The van der Waals surface area contributed by atoms with E-state index in [0.717, 1.165) is 27.0 Å². The zero-order chi connectivity index (χ0) is 17.5. The monoisotopic (exact) mass is 367 g/mol. The number of carbonyl (C=O) groups is 1. The van der Waals surface area contributed by atoms with Crippen LogP contribution < -0.4 is 4.74 Å². The molecule has 126 valence electrons. The van der Waals surface area contributed by atoms with E-state index in [2.05, 4.69) is 11.6 Å². The zero-order valence-corrected chi connectivity index (χ0v) is 15.2. The van der Waals surface area contributed by atoms with Gasteiger partial charge in [0.05, 0.1) is 0 Å². The maximum absolute atomic E-state index is 12.1. The molecular weight excluding hydrogens is 350 g/mol. The van der Waals surface area contributed by atoms with Crippen molar-refractivity contribution in [2.75, 3.05) is 5.75 Å². The Balaban J connectivity index is 1.70. The molecule has 0 bridgehead atoms. The molecule has 0 unspecified atom stereocenters. The standard InChI is InChI=1S/C20H17NO2S2/c1-2-11-24-20-21-18(19(22)25-20)13-16-9-6-10-17(12-16)23-14-15-7-4-3-5-8-15/h2-10,12-13H,1,11,14H2/b18-13-. The second-order valence-corrected chi connectivity index (χ2v) is 7.47.